The van der Waals surface area contributed by atoms with Crippen molar-refractivity contribution in [1.82, 2.24) is 5.32 Å². The van der Waals surface area contributed by atoms with Crippen molar-refractivity contribution in [1.29, 1.82) is 0 Å². The summed E-state index contributed by atoms with van der Waals surface area (Å²) in [7, 11) is 1.46. The summed E-state index contributed by atoms with van der Waals surface area (Å²) < 4.78 is 30.4. The molecule has 0 heterocycles. The number of nitrogens with one attached hydrogen (secondary N) is 1. The normalized spacial score (nSPS) is 14.4. The number of phosphoric acid groups is 1. The predicted molar refractivity (Wildman–Crippen MR) is 272 cm³/mol. The fraction of sp³-hybridized carbons (Fsp3) is 0.778. The second kappa shape index (κ2) is 44.5. The lowest BCUT2D eigenvalue weighted by Crippen LogP contribution is -2.47. The molecule has 10 heteroatoms. The lowest BCUT2D eigenvalue weighted by atomic mass is 10.1. The molecule has 2 N–H and O–H groups in total. The average Bonchev–Trinajstić information content (AvgIpc) is 3.25. The van der Waals surface area contributed by atoms with E-state index in [0.717, 1.165) is 77.0 Å². The summed E-state index contributed by atoms with van der Waals surface area (Å²) in [6.07, 6.45) is 53.7. The van der Waals surface area contributed by atoms with Gasteiger partial charge in [0.05, 0.1) is 33.8 Å². The molecule has 0 aliphatic heterocycles. The fourth-order valence-electron chi connectivity index (χ4n) is 7.15. The first kappa shape index (κ1) is 61.7. The van der Waals surface area contributed by atoms with Gasteiger partial charge < -0.3 is 19.4 Å². The molecule has 0 fully saturated rings. The van der Waals surface area contributed by atoms with E-state index < -0.39 is 25.9 Å². The number of esters is 1. The minimum Gasteiger partial charge on any atom is -0.456 e. The maximum atomic E-state index is 13.4. The van der Waals surface area contributed by atoms with Crippen LogP contribution in [0.2, 0.25) is 0 Å². The number of carbonyl (C=O) groups excluding carboxylic acids is 2. The Morgan fingerprint density at radius 3 is 1.52 bits per heavy atom. The molecule has 3 unspecified atom stereocenters. The van der Waals surface area contributed by atoms with Crippen molar-refractivity contribution in [2.45, 2.75) is 232 Å². The number of unbranched alkanes of at least 4 members (excludes halogenated alkanes) is 22. The van der Waals surface area contributed by atoms with Crippen LogP contribution in [0.5, 0.6) is 0 Å². The van der Waals surface area contributed by atoms with Crippen LogP contribution in [-0.2, 0) is 27.9 Å². The summed E-state index contributed by atoms with van der Waals surface area (Å²) >= 11 is 0. The molecule has 0 aromatic rings. The zero-order valence-electron chi connectivity index (χ0n) is 42.3. The molecular weight excluding hydrogens is 820 g/mol. The predicted octanol–water partition coefficient (Wildman–Crippen LogP) is 15.2. The molecule has 0 aliphatic rings. The van der Waals surface area contributed by atoms with Crippen LogP contribution in [0.25, 0.3) is 0 Å². The highest BCUT2D eigenvalue weighted by atomic mass is 31.2. The van der Waals surface area contributed by atoms with Gasteiger partial charge in [0.15, 0.2) is 0 Å². The Kier molecular flexibility index (Phi) is 42.9. The Hall–Kier alpha value is -2.29. The highest BCUT2D eigenvalue weighted by molar-refractivity contribution is 7.47. The number of phosphoric ester groups is 1. The highest BCUT2D eigenvalue weighted by Gasteiger charge is 2.30. The van der Waals surface area contributed by atoms with E-state index in [2.05, 4.69) is 68.6 Å². The molecule has 64 heavy (non-hydrogen) atoms. The Morgan fingerprint density at radius 2 is 1.02 bits per heavy atom. The number of rotatable bonds is 46. The van der Waals surface area contributed by atoms with Gasteiger partial charge in [0.25, 0.3) is 0 Å². The smallest absolute Gasteiger partial charge is 0.456 e. The number of hydrogen-bond donors (Lipinski definition) is 2. The van der Waals surface area contributed by atoms with Crippen molar-refractivity contribution in [3.63, 3.8) is 0 Å². The second-order valence-corrected chi connectivity index (χ2v) is 20.1. The van der Waals surface area contributed by atoms with Crippen LogP contribution in [0.1, 0.15) is 220 Å². The van der Waals surface area contributed by atoms with E-state index in [1.54, 1.807) is 0 Å². The fourth-order valence-corrected chi connectivity index (χ4v) is 7.88. The molecule has 1 amide bonds. The van der Waals surface area contributed by atoms with E-state index in [4.69, 9.17) is 13.8 Å². The van der Waals surface area contributed by atoms with Gasteiger partial charge in [-0.15, -0.1) is 0 Å². The molecule has 0 rings (SSSR count). The van der Waals surface area contributed by atoms with Crippen LogP contribution < -0.4 is 5.32 Å². The van der Waals surface area contributed by atoms with Crippen molar-refractivity contribution < 1.29 is 37.3 Å². The summed E-state index contributed by atoms with van der Waals surface area (Å²) in [6, 6.07) is -0.873. The first-order valence-electron chi connectivity index (χ1n) is 26.1. The van der Waals surface area contributed by atoms with Crippen LogP contribution in [0.4, 0.5) is 0 Å². The van der Waals surface area contributed by atoms with Gasteiger partial charge in [-0.3, -0.25) is 18.6 Å². The molecule has 0 bridgehead atoms. The van der Waals surface area contributed by atoms with Gasteiger partial charge in [0, 0.05) is 12.8 Å². The minimum absolute atomic E-state index is 0.0295. The number of carbonyl (C=O) groups is 2. The molecule has 3 atom stereocenters. The third-order valence-corrected chi connectivity index (χ3v) is 12.2. The molecule has 9 nitrogen and oxygen atoms in total. The molecule has 0 saturated heterocycles. The van der Waals surface area contributed by atoms with Crippen LogP contribution in [0.15, 0.2) is 60.8 Å². The molecule has 0 saturated carbocycles. The molecule has 0 aliphatic carbocycles. The third-order valence-electron chi connectivity index (χ3n) is 11.2. The summed E-state index contributed by atoms with van der Waals surface area (Å²) in [5, 5.41) is 3.01. The maximum Gasteiger partial charge on any atom is 0.472 e. The Bertz CT molecular complexity index is 1290. The van der Waals surface area contributed by atoms with Gasteiger partial charge in [-0.05, 0) is 76.7 Å². The monoisotopic (exact) mass is 920 g/mol. The molecule has 0 aromatic heterocycles. The summed E-state index contributed by atoms with van der Waals surface area (Å²) in [5.41, 5.74) is 0. The summed E-state index contributed by atoms with van der Waals surface area (Å²) in [6.45, 7) is 6.83. The SMILES string of the molecule is CC/C=C/C/C=C/CCCCCCCCCC(=O)NC(COP(=O)(O)OCC[N+](C)(C)C)C(/C=C/CCCCCCCCCCC)OC(=O)CC/C=C/C/C=C\CCCCCCCC. The van der Waals surface area contributed by atoms with Crippen molar-refractivity contribution in [2.24, 2.45) is 0 Å². The first-order valence-corrected chi connectivity index (χ1v) is 27.6. The van der Waals surface area contributed by atoms with Gasteiger partial charge in [0.2, 0.25) is 5.91 Å². The maximum absolute atomic E-state index is 13.4. The standard InChI is InChI=1S/C54H99N2O7P/c1-7-10-13-16-19-22-25-27-29-31-34-37-40-43-46-53(57)55-51(50-62-64(59,60)61-49-48-56(4,5)6)52(45-42-39-36-33-30-24-21-18-15-12-9-3)63-54(58)47-44-41-38-35-32-28-26-23-20-17-14-11-8-2/h10,13,19,22,28,32,38,41-42,45,51-52H,7-9,11-12,14-18,20-21,23-27,29-31,33-37,39-40,43-44,46-50H2,1-6H3,(H-,55,57,59,60)/p+1/b13-10+,22-19+,32-28-,41-38+,45-42+. The zero-order chi connectivity index (χ0) is 47.3. The number of amides is 1. The first-order chi connectivity index (χ1) is 30.9. The Labute approximate surface area is 394 Å². The van der Waals surface area contributed by atoms with E-state index >= 15 is 0 Å². The Morgan fingerprint density at radius 1 is 0.562 bits per heavy atom. The molecule has 0 radical (unpaired) electrons. The quantitative estimate of drug-likeness (QED) is 0.0206. The Balaban J connectivity index is 5.50. The number of likely N-dealkylation sites (N-methyl/N-ethyl adjacent to an activating group) is 1. The summed E-state index contributed by atoms with van der Waals surface area (Å²) in [5.74, 6) is -0.597. The number of ether oxygens (including phenoxy) is 1. The number of quaternary nitrogens is 1. The number of nitrogens with zero attached hydrogens (tertiary/aromatic N) is 1. The molecule has 0 aromatic carbocycles. The van der Waals surface area contributed by atoms with Gasteiger partial charge in [0.1, 0.15) is 19.3 Å². The number of allylic oxidation sites excluding steroid dienone is 9. The van der Waals surface area contributed by atoms with E-state index in [0.29, 0.717) is 23.9 Å². The van der Waals surface area contributed by atoms with E-state index in [1.165, 1.54) is 103 Å². The van der Waals surface area contributed by atoms with E-state index in [9.17, 15) is 19.0 Å². The van der Waals surface area contributed by atoms with Crippen molar-refractivity contribution in [2.75, 3.05) is 40.9 Å². The van der Waals surface area contributed by atoms with Crippen LogP contribution in [0.3, 0.4) is 0 Å². The minimum atomic E-state index is -4.45. The van der Waals surface area contributed by atoms with Gasteiger partial charge >= 0.3 is 13.8 Å². The lowest BCUT2D eigenvalue weighted by molar-refractivity contribution is -0.870. The molecular formula is C54H100N2O7P+. The van der Waals surface area contributed by atoms with Gasteiger partial charge in [-0.2, -0.15) is 0 Å². The highest BCUT2D eigenvalue weighted by Crippen LogP contribution is 2.43. The third kappa shape index (κ3) is 44.9. The van der Waals surface area contributed by atoms with Crippen LogP contribution >= 0.6 is 7.82 Å². The van der Waals surface area contributed by atoms with Crippen molar-refractivity contribution in [3.8, 4) is 0 Å². The van der Waals surface area contributed by atoms with Gasteiger partial charge in [-0.1, -0.05) is 191 Å². The zero-order valence-corrected chi connectivity index (χ0v) is 43.2. The van der Waals surface area contributed by atoms with E-state index in [1.807, 2.05) is 39.4 Å². The largest absolute Gasteiger partial charge is 0.472 e. The molecule has 0 spiro atoms. The number of hydrogen-bond acceptors (Lipinski definition) is 6. The summed E-state index contributed by atoms with van der Waals surface area (Å²) in [4.78, 5) is 37.3. The van der Waals surface area contributed by atoms with E-state index in [-0.39, 0.29) is 25.5 Å². The van der Waals surface area contributed by atoms with Crippen LogP contribution in [-0.4, -0.2) is 74.3 Å². The van der Waals surface area contributed by atoms with Crippen molar-refractivity contribution >= 4 is 19.7 Å². The van der Waals surface area contributed by atoms with Crippen molar-refractivity contribution in [3.05, 3.63) is 60.8 Å². The van der Waals surface area contributed by atoms with Gasteiger partial charge in [-0.25, -0.2) is 4.57 Å². The molecule has 372 valence electrons. The van der Waals surface area contributed by atoms with Crippen LogP contribution in [0, 0.1) is 0 Å². The topological polar surface area (TPSA) is 111 Å². The average molecular weight is 920 g/mol. The lowest BCUT2D eigenvalue weighted by Gasteiger charge is -2.27. The second-order valence-electron chi connectivity index (χ2n) is 18.7.